The molecule has 1 amide bonds. The molecule has 0 unspecified atom stereocenters. The molecule has 1 saturated carbocycles. The maximum Gasteiger partial charge on any atom is 0.308 e. The Labute approximate surface area is 274 Å². The van der Waals surface area contributed by atoms with E-state index in [9.17, 15) is 14.7 Å². The van der Waals surface area contributed by atoms with Gasteiger partial charge in [-0.25, -0.2) is 0 Å². The van der Waals surface area contributed by atoms with Crippen LogP contribution in [0.4, 0.5) is 0 Å². The molecule has 2 aliphatic heterocycles. The van der Waals surface area contributed by atoms with E-state index in [4.69, 9.17) is 9.47 Å². The average molecular weight is 629 g/mol. The Balaban J connectivity index is 1.22. The maximum atomic E-state index is 14.1. The van der Waals surface area contributed by atoms with Crippen molar-refractivity contribution in [3.05, 3.63) is 65.7 Å². The Bertz CT molecular complexity index is 1420. The molecule has 7 heteroatoms. The standard InChI is InChI=1S/C39H52N2O5/c1-5-21-40-22-20-39-30-18-19-31(38(39)46-37-34(45-27(4)42)24-33(43)29(36(37)39)23-32(30)40)41(25-26(2)3)35(44)17-13-8-6-7-10-14-28-15-11-9-12-16-28/h5,9,11-12,15-16,24,26,30-32,38,43H,1,6-8,10,13-14,17-23,25H2,2-4H3/t30-,31-,32+,38-,39-/m0/s1. The van der Waals surface area contributed by atoms with Gasteiger partial charge < -0.3 is 19.5 Å². The second-order valence-electron chi connectivity index (χ2n) is 14.5. The maximum absolute atomic E-state index is 14.1. The molecule has 0 aromatic heterocycles. The van der Waals surface area contributed by atoms with Gasteiger partial charge in [0.15, 0.2) is 11.5 Å². The molecule has 2 heterocycles. The third kappa shape index (κ3) is 6.08. The van der Waals surface area contributed by atoms with Gasteiger partial charge in [-0.15, -0.1) is 6.58 Å². The molecule has 0 radical (unpaired) electrons. The van der Waals surface area contributed by atoms with E-state index in [0.29, 0.717) is 36.3 Å². The van der Waals surface area contributed by atoms with Crippen molar-refractivity contribution in [3.63, 3.8) is 0 Å². The number of phenols is 1. The van der Waals surface area contributed by atoms with Crippen LogP contribution in [0.3, 0.4) is 0 Å². The number of benzene rings is 2. The molecule has 5 atom stereocenters. The minimum atomic E-state index is -0.439. The van der Waals surface area contributed by atoms with Crippen LogP contribution in [0.25, 0.3) is 0 Å². The van der Waals surface area contributed by atoms with Crippen molar-refractivity contribution in [2.75, 3.05) is 19.6 Å². The van der Waals surface area contributed by atoms with Gasteiger partial charge in [0, 0.05) is 55.1 Å². The van der Waals surface area contributed by atoms with Crippen molar-refractivity contribution in [1.82, 2.24) is 9.80 Å². The molecule has 2 aliphatic carbocycles. The van der Waals surface area contributed by atoms with Crippen molar-refractivity contribution in [1.29, 1.82) is 0 Å². The number of hydrogen-bond donors (Lipinski definition) is 1. The van der Waals surface area contributed by atoms with E-state index in [1.165, 1.54) is 25.3 Å². The molecule has 6 rings (SSSR count). The summed E-state index contributed by atoms with van der Waals surface area (Å²) in [5, 5.41) is 11.3. The monoisotopic (exact) mass is 628 g/mol. The van der Waals surface area contributed by atoms with Crippen LogP contribution in [0.1, 0.15) is 95.2 Å². The van der Waals surface area contributed by atoms with Crippen LogP contribution in [0.5, 0.6) is 17.2 Å². The van der Waals surface area contributed by atoms with Crippen molar-refractivity contribution in [2.45, 2.75) is 115 Å². The summed E-state index contributed by atoms with van der Waals surface area (Å²) < 4.78 is 12.6. The van der Waals surface area contributed by atoms with Gasteiger partial charge in [-0.3, -0.25) is 14.5 Å². The number of nitrogens with zero attached hydrogens (tertiary/aromatic N) is 2. The summed E-state index contributed by atoms with van der Waals surface area (Å²) in [7, 11) is 0. The van der Waals surface area contributed by atoms with Crippen molar-refractivity contribution in [2.24, 2.45) is 11.8 Å². The number of aryl methyl sites for hydroxylation is 1. The first-order chi connectivity index (χ1) is 22.2. The summed E-state index contributed by atoms with van der Waals surface area (Å²) in [5.74, 6) is 1.51. The number of piperidine rings is 1. The minimum absolute atomic E-state index is 0.0747. The number of esters is 1. The van der Waals surface area contributed by atoms with E-state index in [0.717, 1.165) is 75.6 Å². The molecule has 2 aromatic carbocycles. The van der Waals surface area contributed by atoms with Gasteiger partial charge in [-0.05, 0) is 68.9 Å². The highest BCUT2D eigenvalue weighted by Gasteiger charge is 2.67. The number of phenolic OH excluding ortho intramolecular Hbond substituents is 1. The molecule has 1 spiro atoms. The van der Waals surface area contributed by atoms with Gasteiger partial charge in [0.1, 0.15) is 11.9 Å². The van der Waals surface area contributed by atoms with Crippen LogP contribution in [0.15, 0.2) is 49.1 Å². The average Bonchev–Trinajstić information content (AvgIpc) is 3.37. The van der Waals surface area contributed by atoms with Crippen molar-refractivity contribution < 1.29 is 24.2 Å². The summed E-state index contributed by atoms with van der Waals surface area (Å²) in [6.07, 6.45) is 12.3. The number of carbonyl (C=O) groups excluding carboxylic acids is 2. The van der Waals surface area contributed by atoms with E-state index in [1.807, 2.05) is 6.08 Å². The zero-order valence-corrected chi connectivity index (χ0v) is 28.0. The Morgan fingerprint density at radius 1 is 1.15 bits per heavy atom. The third-order valence-electron chi connectivity index (χ3n) is 11.1. The van der Waals surface area contributed by atoms with Gasteiger partial charge in [-0.2, -0.15) is 0 Å². The molecule has 2 aromatic rings. The normalized spacial score (nSPS) is 25.9. The number of carbonyl (C=O) groups is 2. The lowest BCUT2D eigenvalue weighted by molar-refractivity contribution is -0.143. The van der Waals surface area contributed by atoms with Crippen LogP contribution in [-0.2, 0) is 27.8 Å². The van der Waals surface area contributed by atoms with E-state index in [-0.39, 0.29) is 35.3 Å². The summed E-state index contributed by atoms with van der Waals surface area (Å²) in [5.41, 5.74) is 3.00. The van der Waals surface area contributed by atoms with Gasteiger partial charge >= 0.3 is 5.97 Å². The highest BCUT2D eigenvalue weighted by Crippen LogP contribution is 2.65. The molecule has 4 aliphatic rings. The van der Waals surface area contributed by atoms with Crippen LogP contribution in [0.2, 0.25) is 0 Å². The lowest BCUT2D eigenvalue weighted by atomic mass is 9.50. The first-order valence-electron chi connectivity index (χ1n) is 17.7. The van der Waals surface area contributed by atoms with Crippen molar-refractivity contribution >= 4 is 11.9 Å². The first-order valence-corrected chi connectivity index (χ1v) is 17.7. The van der Waals surface area contributed by atoms with E-state index >= 15 is 0 Å². The highest BCUT2D eigenvalue weighted by molar-refractivity contribution is 5.77. The van der Waals surface area contributed by atoms with Gasteiger partial charge in [0.25, 0.3) is 0 Å². The van der Waals surface area contributed by atoms with E-state index < -0.39 is 5.97 Å². The SMILES string of the molecule is C=CCN1CC[C@]23c4c5c(O)cc(OC(C)=O)c4O[C@H]2[C@@H](N(CC(C)C)C(=O)CCCCCCCc2ccccc2)CC[C@H]3[C@H]1C5. The quantitative estimate of drug-likeness (QED) is 0.105. The lowest BCUT2D eigenvalue weighted by Crippen LogP contribution is -2.69. The van der Waals surface area contributed by atoms with Gasteiger partial charge in [0.05, 0.1) is 6.04 Å². The second-order valence-corrected chi connectivity index (χ2v) is 14.5. The topological polar surface area (TPSA) is 79.3 Å². The van der Waals surface area contributed by atoms with Gasteiger partial charge in [-0.1, -0.05) is 69.5 Å². The molecule has 2 fully saturated rings. The highest BCUT2D eigenvalue weighted by atomic mass is 16.6. The molecule has 7 nitrogen and oxygen atoms in total. The van der Waals surface area contributed by atoms with Crippen LogP contribution >= 0.6 is 0 Å². The minimum Gasteiger partial charge on any atom is -0.508 e. The fourth-order valence-corrected chi connectivity index (χ4v) is 9.33. The van der Waals surface area contributed by atoms with Gasteiger partial charge in [0.2, 0.25) is 5.91 Å². The summed E-state index contributed by atoms with van der Waals surface area (Å²) in [6.45, 7) is 12.2. The third-order valence-corrected chi connectivity index (χ3v) is 11.1. The Morgan fingerprint density at radius 3 is 2.65 bits per heavy atom. The molecule has 1 N–H and O–H groups in total. The number of rotatable bonds is 14. The number of amides is 1. The smallest absolute Gasteiger partial charge is 0.308 e. The van der Waals surface area contributed by atoms with Crippen molar-refractivity contribution in [3.8, 4) is 17.2 Å². The van der Waals surface area contributed by atoms with Crippen LogP contribution < -0.4 is 9.47 Å². The second kappa shape index (κ2) is 13.8. The number of ether oxygens (including phenoxy) is 2. The Morgan fingerprint density at radius 2 is 1.91 bits per heavy atom. The summed E-state index contributed by atoms with van der Waals surface area (Å²) >= 11 is 0. The summed E-state index contributed by atoms with van der Waals surface area (Å²) in [6, 6.07) is 12.4. The fourth-order valence-electron chi connectivity index (χ4n) is 9.33. The number of likely N-dealkylation sites (tertiary alicyclic amines) is 1. The zero-order chi connectivity index (χ0) is 32.4. The molecular formula is C39H52N2O5. The zero-order valence-electron chi connectivity index (χ0n) is 28.0. The Hall–Kier alpha value is -3.32. The predicted molar refractivity (Wildman–Crippen MR) is 180 cm³/mol. The van der Waals surface area contributed by atoms with Crippen LogP contribution in [-0.4, -0.2) is 64.6 Å². The Kier molecular flexibility index (Phi) is 9.79. The van der Waals surface area contributed by atoms with E-state index in [2.05, 4.69) is 60.6 Å². The molecule has 248 valence electrons. The number of unbranched alkanes of at least 4 members (excludes halogenated alkanes) is 4. The largest absolute Gasteiger partial charge is 0.508 e. The molecule has 1 saturated heterocycles. The number of hydrogen-bond acceptors (Lipinski definition) is 6. The predicted octanol–water partition coefficient (Wildman–Crippen LogP) is 6.98. The first kappa shape index (κ1) is 32.6. The lowest BCUT2D eigenvalue weighted by Gasteiger charge is -2.60. The molecule has 2 bridgehead atoms. The molecule has 46 heavy (non-hydrogen) atoms. The number of aromatic hydroxyl groups is 1. The fraction of sp³-hybridized carbons (Fsp3) is 0.590. The molecular weight excluding hydrogens is 576 g/mol. The van der Waals surface area contributed by atoms with E-state index in [1.54, 1.807) is 6.07 Å². The van der Waals surface area contributed by atoms with Crippen LogP contribution in [0, 0.1) is 11.8 Å². The summed E-state index contributed by atoms with van der Waals surface area (Å²) in [4.78, 5) is 30.9.